The van der Waals surface area contributed by atoms with Crippen molar-refractivity contribution in [3.63, 3.8) is 0 Å². The van der Waals surface area contributed by atoms with Crippen molar-refractivity contribution in [3.8, 4) is 0 Å². The van der Waals surface area contributed by atoms with Crippen LogP contribution in [0.5, 0.6) is 0 Å². The lowest BCUT2D eigenvalue weighted by Crippen LogP contribution is -2.09. The van der Waals surface area contributed by atoms with Gasteiger partial charge in [0.2, 0.25) is 5.91 Å². The number of hydrogen-bond acceptors (Lipinski definition) is 1. The average Bonchev–Trinajstić information content (AvgIpc) is 2.25. The van der Waals surface area contributed by atoms with Gasteiger partial charge in [0.05, 0.1) is 0 Å². The highest BCUT2D eigenvalue weighted by atomic mass is 16.1. The summed E-state index contributed by atoms with van der Waals surface area (Å²) >= 11 is 0. The lowest BCUT2D eigenvalue weighted by atomic mass is 10.1. The normalized spacial score (nSPS) is 14.8. The molecule has 0 atom stereocenters. The summed E-state index contributed by atoms with van der Waals surface area (Å²) in [5, 5.41) is 2.92. The molecule has 0 spiro atoms. The molecule has 76 valence electrons. The van der Waals surface area contributed by atoms with Crippen molar-refractivity contribution in [2.75, 3.05) is 5.32 Å². The smallest absolute Gasteiger partial charge is 0.224 e. The number of carbonyl (C=O) groups excluding carboxylic acids is 1. The van der Waals surface area contributed by atoms with E-state index in [1.165, 1.54) is 11.1 Å². The second-order valence-corrected chi connectivity index (χ2v) is 3.56. The van der Waals surface area contributed by atoms with E-state index in [4.69, 9.17) is 0 Å². The van der Waals surface area contributed by atoms with Gasteiger partial charge in [-0.05, 0) is 37.0 Å². The van der Waals surface area contributed by atoms with E-state index < -0.39 is 0 Å². The van der Waals surface area contributed by atoms with Gasteiger partial charge in [-0.2, -0.15) is 0 Å². The fraction of sp³-hybridized carbons (Fsp3) is 0.417. The second-order valence-electron chi connectivity index (χ2n) is 3.56. The molecule has 0 saturated heterocycles. The fourth-order valence-corrected chi connectivity index (χ4v) is 1.68. The first-order valence-corrected chi connectivity index (χ1v) is 4.65. The van der Waals surface area contributed by atoms with Crippen molar-refractivity contribution in [2.24, 2.45) is 0 Å². The van der Waals surface area contributed by atoms with Crippen LogP contribution in [0.15, 0.2) is 18.2 Å². The lowest BCUT2D eigenvalue weighted by molar-refractivity contribution is -0.116. The minimum Gasteiger partial charge on any atom is -0.326 e. The fourth-order valence-electron chi connectivity index (χ4n) is 1.68. The van der Waals surface area contributed by atoms with E-state index in [-0.39, 0.29) is 13.3 Å². The van der Waals surface area contributed by atoms with Crippen LogP contribution in [0.25, 0.3) is 0 Å². The summed E-state index contributed by atoms with van der Waals surface area (Å²) in [6.07, 6.45) is 2.62. The zero-order valence-electron chi connectivity index (χ0n) is 7.76. The second kappa shape index (κ2) is 4.27. The molecule has 1 heterocycles. The van der Waals surface area contributed by atoms with E-state index in [1.807, 2.05) is 13.0 Å². The molecule has 14 heavy (non-hydrogen) atoms. The highest BCUT2D eigenvalue weighted by Crippen LogP contribution is 2.22. The molecule has 1 aliphatic rings. The molecule has 0 unspecified atom stereocenters. The van der Waals surface area contributed by atoms with Crippen molar-refractivity contribution >= 4 is 11.6 Å². The predicted molar refractivity (Wildman–Crippen MR) is 59.5 cm³/mol. The maximum Gasteiger partial charge on any atom is 0.224 e. The lowest BCUT2D eigenvalue weighted by Gasteiger charge is -2.06. The Morgan fingerprint density at radius 1 is 1.29 bits per heavy atom. The van der Waals surface area contributed by atoms with Crippen LogP contribution in [0.4, 0.5) is 5.69 Å². The number of rotatable bonds is 0. The summed E-state index contributed by atoms with van der Waals surface area (Å²) in [4.78, 5) is 11.2. The average molecular weight is 191 g/mol. The first-order valence-electron chi connectivity index (χ1n) is 4.65. The molecule has 2 nitrogen and oxygen atoms in total. The summed E-state index contributed by atoms with van der Waals surface area (Å²) in [5.74, 6) is 0.143. The Kier molecular flexibility index (Phi) is 3.28. The van der Waals surface area contributed by atoms with Gasteiger partial charge in [-0.25, -0.2) is 0 Å². The number of hydrogen-bond donors (Lipinski definition) is 1. The molecule has 0 aromatic heterocycles. The maximum atomic E-state index is 11.2. The summed E-state index contributed by atoms with van der Waals surface area (Å²) in [6.45, 7) is 2.04. The molecule has 0 radical (unpaired) electrons. The van der Waals surface area contributed by atoms with Crippen LogP contribution in [-0.2, 0) is 11.2 Å². The number of amides is 1. The van der Waals surface area contributed by atoms with Gasteiger partial charge in [0.25, 0.3) is 0 Å². The third kappa shape index (κ3) is 2.13. The SMILES string of the molecule is C.Cc1ccc2c(c1)NC(=O)CCC2. The number of fused-ring (bicyclic) bond motifs is 1. The van der Waals surface area contributed by atoms with Crippen molar-refractivity contribution < 1.29 is 4.79 Å². The molecule has 0 saturated carbocycles. The minimum absolute atomic E-state index is 0. The van der Waals surface area contributed by atoms with Crippen LogP contribution < -0.4 is 5.32 Å². The van der Waals surface area contributed by atoms with Gasteiger partial charge in [0.1, 0.15) is 0 Å². The Hall–Kier alpha value is -1.31. The molecule has 2 heteroatoms. The largest absolute Gasteiger partial charge is 0.326 e. The highest BCUT2D eigenvalue weighted by Gasteiger charge is 2.11. The van der Waals surface area contributed by atoms with Crippen LogP contribution in [-0.4, -0.2) is 5.91 Å². The molecule has 1 aromatic carbocycles. The number of benzene rings is 1. The number of anilines is 1. The van der Waals surface area contributed by atoms with Crippen molar-refractivity contribution in [1.29, 1.82) is 0 Å². The Labute approximate surface area is 85.3 Å². The van der Waals surface area contributed by atoms with Gasteiger partial charge in [0.15, 0.2) is 0 Å². The molecule has 2 rings (SSSR count). The molecule has 0 aliphatic carbocycles. The molecular weight excluding hydrogens is 174 g/mol. The van der Waals surface area contributed by atoms with E-state index in [0.717, 1.165) is 18.5 Å². The topological polar surface area (TPSA) is 29.1 Å². The molecular formula is C12H17NO. The van der Waals surface area contributed by atoms with E-state index in [2.05, 4.69) is 17.4 Å². The van der Waals surface area contributed by atoms with Crippen LogP contribution in [0.2, 0.25) is 0 Å². The molecule has 1 aliphatic heterocycles. The molecule has 0 fully saturated rings. The van der Waals surface area contributed by atoms with Crippen molar-refractivity contribution in [3.05, 3.63) is 29.3 Å². The van der Waals surface area contributed by atoms with Gasteiger partial charge in [0, 0.05) is 12.1 Å². The van der Waals surface area contributed by atoms with Gasteiger partial charge < -0.3 is 5.32 Å². The van der Waals surface area contributed by atoms with E-state index in [9.17, 15) is 4.79 Å². The van der Waals surface area contributed by atoms with Gasteiger partial charge in [-0.15, -0.1) is 0 Å². The first-order chi connectivity index (χ1) is 6.25. The number of aryl methyl sites for hydroxylation is 2. The van der Waals surface area contributed by atoms with E-state index in [1.54, 1.807) is 0 Å². The van der Waals surface area contributed by atoms with Crippen molar-refractivity contribution in [2.45, 2.75) is 33.6 Å². The summed E-state index contributed by atoms with van der Waals surface area (Å²) < 4.78 is 0. The Bertz CT molecular complexity index is 344. The van der Waals surface area contributed by atoms with Gasteiger partial charge in [-0.3, -0.25) is 4.79 Å². The van der Waals surface area contributed by atoms with Crippen LogP contribution in [0.3, 0.4) is 0 Å². The third-order valence-corrected chi connectivity index (χ3v) is 2.39. The van der Waals surface area contributed by atoms with E-state index in [0.29, 0.717) is 6.42 Å². The summed E-state index contributed by atoms with van der Waals surface area (Å²) in [6, 6.07) is 6.24. The molecule has 1 N–H and O–H groups in total. The van der Waals surface area contributed by atoms with Gasteiger partial charge in [-0.1, -0.05) is 19.6 Å². The third-order valence-electron chi connectivity index (χ3n) is 2.39. The zero-order chi connectivity index (χ0) is 9.26. The standard InChI is InChI=1S/C11H13NO.CH4/c1-8-5-6-9-3-2-4-11(13)12-10(9)7-8;/h5-7H,2-4H2,1H3,(H,12,13);1H4. The van der Waals surface area contributed by atoms with Crippen LogP contribution in [0.1, 0.15) is 31.4 Å². The minimum atomic E-state index is 0. The monoisotopic (exact) mass is 191 g/mol. The molecule has 1 amide bonds. The highest BCUT2D eigenvalue weighted by molar-refractivity contribution is 5.92. The van der Waals surface area contributed by atoms with E-state index >= 15 is 0 Å². The number of nitrogens with one attached hydrogen (secondary N) is 1. The Balaban J connectivity index is 0.000000980. The number of carbonyl (C=O) groups is 1. The Morgan fingerprint density at radius 2 is 2.07 bits per heavy atom. The Morgan fingerprint density at radius 3 is 2.86 bits per heavy atom. The predicted octanol–water partition coefficient (Wildman–Crippen LogP) is 2.91. The van der Waals surface area contributed by atoms with Gasteiger partial charge >= 0.3 is 0 Å². The zero-order valence-corrected chi connectivity index (χ0v) is 7.76. The van der Waals surface area contributed by atoms with Crippen molar-refractivity contribution in [1.82, 2.24) is 0 Å². The molecule has 0 bridgehead atoms. The summed E-state index contributed by atoms with van der Waals surface area (Å²) in [7, 11) is 0. The quantitative estimate of drug-likeness (QED) is 0.671. The maximum absolute atomic E-state index is 11.2. The first kappa shape index (κ1) is 10.8. The van der Waals surface area contributed by atoms with Crippen LogP contribution >= 0.6 is 0 Å². The molecule has 1 aromatic rings. The van der Waals surface area contributed by atoms with Crippen LogP contribution in [0, 0.1) is 6.92 Å². The summed E-state index contributed by atoms with van der Waals surface area (Å²) in [5.41, 5.74) is 3.46.